The zero-order valence-electron chi connectivity index (χ0n) is 7.58. The van der Waals surface area contributed by atoms with E-state index in [2.05, 4.69) is 6.92 Å². The Hall–Kier alpha value is -0.790. The lowest BCUT2D eigenvalue weighted by Crippen LogP contribution is -2.15. The van der Waals surface area contributed by atoms with Crippen LogP contribution in [0.15, 0.2) is 12.3 Å². The molecule has 1 heterocycles. The molecular weight excluding hydrogens is 152 g/mol. The molecule has 0 amide bonds. The third kappa shape index (κ3) is 2.68. The molecule has 0 N–H and O–H groups in total. The summed E-state index contributed by atoms with van der Waals surface area (Å²) in [5.74, 6) is 0.131. The molecule has 1 aliphatic rings. The first-order valence-electron chi connectivity index (χ1n) is 4.70. The molecule has 0 aliphatic carbocycles. The fraction of sp³-hybridized carbons (Fsp3) is 0.700. The Bertz CT molecular complexity index is 173. The maximum atomic E-state index is 11.0. The molecule has 1 atom stereocenters. The van der Waals surface area contributed by atoms with E-state index in [4.69, 9.17) is 4.74 Å². The Morgan fingerprint density at radius 1 is 1.42 bits per heavy atom. The molecule has 2 heteroatoms. The third-order valence-electron chi connectivity index (χ3n) is 2.11. The van der Waals surface area contributed by atoms with E-state index >= 15 is 0 Å². The number of carbonyl (C=O) groups excluding carboxylic acids is 1. The van der Waals surface area contributed by atoms with Gasteiger partial charge >= 0.3 is 0 Å². The fourth-order valence-corrected chi connectivity index (χ4v) is 1.34. The van der Waals surface area contributed by atoms with Crippen molar-refractivity contribution in [1.82, 2.24) is 0 Å². The number of rotatable bonds is 5. The van der Waals surface area contributed by atoms with Crippen LogP contribution >= 0.6 is 0 Å². The molecule has 12 heavy (non-hydrogen) atoms. The van der Waals surface area contributed by atoms with Crippen LogP contribution in [0.3, 0.4) is 0 Å². The van der Waals surface area contributed by atoms with Crippen molar-refractivity contribution in [2.45, 2.75) is 45.1 Å². The summed E-state index contributed by atoms with van der Waals surface area (Å²) in [5, 5.41) is 0. The lowest BCUT2D eigenvalue weighted by Gasteiger charge is -2.07. The van der Waals surface area contributed by atoms with Gasteiger partial charge in [-0.25, -0.2) is 0 Å². The van der Waals surface area contributed by atoms with Crippen molar-refractivity contribution in [2.24, 2.45) is 0 Å². The van der Waals surface area contributed by atoms with E-state index in [9.17, 15) is 4.79 Å². The molecule has 0 fully saturated rings. The van der Waals surface area contributed by atoms with Crippen molar-refractivity contribution in [3.8, 4) is 0 Å². The van der Waals surface area contributed by atoms with Crippen molar-refractivity contribution in [1.29, 1.82) is 0 Å². The van der Waals surface area contributed by atoms with Crippen LogP contribution in [0.25, 0.3) is 0 Å². The lowest BCUT2D eigenvalue weighted by molar-refractivity contribution is -0.120. The molecule has 1 unspecified atom stereocenters. The van der Waals surface area contributed by atoms with Gasteiger partial charge in [0.1, 0.15) is 0 Å². The molecule has 0 aromatic carbocycles. The summed E-state index contributed by atoms with van der Waals surface area (Å²) in [6.45, 7) is 2.18. The third-order valence-corrected chi connectivity index (χ3v) is 2.11. The van der Waals surface area contributed by atoms with Gasteiger partial charge in [0, 0.05) is 6.08 Å². The van der Waals surface area contributed by atoms with Gasteiger partial charge in [-0.2, -0.15) is 0 Å². The van der Waals surface area contributed by atoms with Crippen molar-refractivity contribution in [3.05, 3.63) is 12.3 Å². The van der Waals surface area contributed by atoms with Gasteiger partial charge in [-0.05, 0) is 12.8 Å². The summed E-state index contributed by atoms with van der Waals surface area (Å²) in [5.41, 5.74) is 0. The van der Waals surface area contributed by atoms with Crippen LogP contribution in [-0.2, 0) is 9.53 Å². The number of carbonyl (C=O) groups is 1. The summed E-state index contributed by atoms with van der Waals surface area (Å²) in [4.78, 5) is 11.0. The quantitative estimate of drug-likeness (QED) is 0.589. The van der Waals surface area contributed by atoms with Crippen LogP contribution in [0.4, 0.5) is 0 Å². The fourth-order valence-electron chi connectivity index (χ4n) is 1.34. The van der Waals surface area contributed by atoms with E-state index in [-0.39, 0.29) is 11.9 Å². The van der Waals surface area contributed by atoms with Crippen LogP contribution in [0, 0.1) is 0 Å². The van der Waals surface area contributed by atoms with Gasteiger partial charge in [0.15, 0.2) is 11.9 Å². The highest BCUT2D eigenvalue weighted by Gasteiger charge is 2.19. The highest BCUT2D eigenvalue weighted by Crippen LogP contribution is 2.13. The molecule has 1 aliphatic heterocycles. The number of hydrogen-bond acceptors (Lipinski definition) is 2. The van der Waals surface area contributed by atoms with Crippen molar-refractivity contribution >= 4 is 5.78 Å². The minimum Gasteiger partial charge on any atom is -0.490 e. The largest absolute Gasteiger partial charge is 0.490 e. The van der Waals surface area contributed by atoms with E-state index in [1.807, 2.05) is 0 Å². The average Bonchev–Trinajstić information content (AvgIpc) is 2.46. The number of hydrogen-bond donors (Lipinski definition) is 0. The van der Waals surface area contributed by atoms with Gasteiger partial charge < -0.3 is 4.74 Å². The van der Waals surface area contributed by atoms with Gasteiger partial charge in [-0.1, -0.05) is 26.2 Å². The van der Waals surface area contributed by atoms with Gasteiger partial charge in [-0.15, -0.1) is 0 Å². The first kappa shape index (κ1) is 9.30. The van der Waals surface area contributed by atoms with Crippen LogP contribution in [0.2, 0.25) is 0 Å². The molecule has 0 aromatic heterocycles. The van der Waals surface area contributed by atoms with Crippen LogP contribution in [0.1, 0.15) is 39.0 Å². The van der Waals surface area contributed by atoms with E-state index in [1.54, 1.807) is 0 Å². The van der Waals surface area contributed by atoms with E-state index in [0.717, 1.165) is 12.8 Å². The predicted octanol–water partition coefficient (Wildman–Crippen LogP) is 2.44. The standard InChI is InChI=1S/C10H16O2/c1-2-3-4-5-6-10-9(11)7-8-12-10/h7-8,10H,2-6H2,1H3. The Balaban J connectivity index is 2.04. The van der Waals surface area contributed by atoms with E-state index in [1.165, 1.54) is 31.6 Å². The van der Waals surface area contributed by atoms with Crippen LogP contribution < -0.4 is 0 Å². The maximum Gasteiger partial charge on any atom is 0.199 e. The van der Waals surface area contributed by atoms with E-state index < -0.39 is 0 Å². The molecule has 0 aromatic rings. The highest BCUT2D eigenvalue weighted by atomic mass is 16.5. The molecule has 68 valence electrons. The van der Waals surface area contributed by atoms with Crippen molar-refractivity contribution < 1.29 is 9.53 Å². The van der Waals surface area contributed by atoms with E-state index in [0.29, 0.717) is 0 Å². The normalized spacial score (nSPS) is 21.4. The monoisotopic (exact) mass is 168 g/mol. The number of unbranched alkanes of at least 4 members (excludes halogenated alkanes) is 3. The summed E-state index contributed by atoms with van der Waals surface area (Å²) in [7, 11) is 0. The first-order chi connectivity index (χ1) is 5.84. The molecule has 1 rings (SSSR count). The SMILES string of the molecule is CCCCCCC1OC=CC1=O. The Kier molecular flexibility index (Phi) is 3.85. The Morgan fingerprint density at radius 2 is 2.25 bits per heavy atom. The molecule has 2 nitrogen and oxygen atoms in total. The minimum absolute atomic E-state index is 0.131. The minimum atomic E-state index is -0.165. The zero-order chi connectivity index (χ0) is 8.81. The Morgan fingerprint density at radius 3 is 2.83 bits per heavy atom. The topological polar surface area (TPSA) is 26.3 Å². The lowest BCUT2D eigenvalue weighted by atomic mass is 10.1. The average molecular weight is 168 g/mol. The predicted molar refractivity (Wildman–Crippen MR) is 47.8 cm³/mol. The first-order valence-corrected chi connectivity index (χ1v) is 4.70. The summed E-state index contributed by atoms with van der Waals surface area (Å²) in [6, 6.07) is 0. The van der Waals surface area contributed by atoms with Crippen molar-refractivity contribution in [3.63, 3.8) is 0 Å². The second kappa shape index (κ2) is 4.96. The summed E-state index contributed by atoms with van der Waals surface area (Å²) < 4.78 is 5.12. The summed E-state index contributed by atoms with van der Waals surface area (Å²) >= 11 is 0. The maximum absolute atomic E-state index is 11.0. The molecule has 0 radical (unpaired) electrons. The molecule has 0 bridgehead atoms. The smallest absolute Gasteiger partial charge is 0.199 e. The molecular formula is C10H16O2. The number of ketones is 1. The molecule has 0 saturated carbocycles. The van der Waals surface area contributed by atoms with Crippen LogP contribution in [0.5, 0.6) is 0 Å². The van der Waals surface area contributed by atoms with Crippen molar-refractivity contribution in [2.75, 3.05) is 0 Å². The van der Waals surface area contributed by atoms with Gasteiger partial charge in [-0.3, -0.25) is 4.79 Å². The Labute approximate surface area is 73.6 Å². The second-order valence-corrected chi connectivity index (χ2v) is 3.18. The molecule has 0 spiro atoms. The zero-order valence-corrected chi connectivity index (χ0v) is 7.58. The van der Waals surface area contributed by atoms with Gasteiger partial charge in [0.25, 0.3) is 0 Å². The van der Waals surface area contributed by atoms with Gasteiger partial charge in [0.2, 0.25) is 0 Å². The van der Waals surface area contributed by atoms with Gasteiger partial charge in [0.05, 0.1) is 6.26 Å². The molecule has 0 saturated heterocycles. The summed E-state index contributed by atoms with van der Waals surface area (Å²) in [6.07, 6.45) is 8.55. The number of ether oxygens (including phenoxy) is 1. The van der Waals surface area contributed by atoms with Crippen LogP contribution in [-0.4, -0.2) is 11.9 Å². The second-order valence-electron chi connectivity index (χ2n) is 3.18. The highest BCUT2D eigenvalue weighted by molar-refractivity contribution is 5.94.